The number of hydrogen-bond acceptors (Lipinski definition) is 5. The van der Waals surface area contributed by atoms with Gasteiger partial charge < -0.3 is 19.6 Å². The molecule has 1 aromatic carbocycles. The molecule has 1 aliphatic carbocycles. The monoisotopic (exact) mass is 398 g/mol. The van der Waals surface area contributed by atoms with Gasteiger partial charge >= 0.3 is 0 Å². The summed E-state index contributed by atoms with van der Waals surface area (Å²) < 4.78 is 5.82. The van der Waals surface area contributed by atoms with Crippen molar-refractivity contribution in [3.63, 3.8) is 0 Å². The van der Waals surface area contributed by atoms with Gasteiger partial charge in [0.25, 0.3) is 5.91 Å². The molecular weight excluding hydrogens is 368 g/mol. The van der Waals surface area contributed by atoms with Gasteiger partial charge in [0, 0.05) is 19.0 Å². The molecule has 1 aromatic rings. The molecular formula is C23H30N2O4. The molecule has 0 radical (unpaired) electrons. The molecule has 4 rings (SSSR count). The van der Waals surface area contributed by atoms with Gasteiger partial charge in [-0.1, -0.05) is 12.1 Å². The summed E-state index contributed by atoms with van der Waals surface area (Å²) in [6.45, 7) is 7.24. The van der Waals surface area contributed by atoms with Crippen LogP contribution >= 0.6 is 0 Å². The molecule has 0 bridgehead atoms. The highest BCUT2D eigenvalue weighted by molar-refractivity contribution is 6.10. The Bertz CT molecular complexity index is 822. The molecule has 1 atom stereocenters. The molecule has 2 fully saturated rings. The van der Waals surface area contributed by atoms with Gasteiger partial charge in [0.1, 0.15) is 5.75 Å². The fourth-order valence-electron chi connectivity index (χ4n) is 4.33. The third-order valence-corrected chi connectivity index (χ3v) is 5.92. The van der Waals surface area contributed by atoms with Crippen LogP contribution in [0.25, 0.3) is 0 Å². The number of aliphatic hydroxyl groups excluding tert-OH is 1. The maximum absolute atomic E-state index is 13.0. The zero-order valence-electron chi connectivity index (χ0n) is 17.3. The van der Waals surface area contributed by atoms with E-state index >= 15 is 0 Å². The molecule has 1 amide bonds. The van der Waals surface area contributed by atoms with Crippen molar-refractivity contribution in [1.29, 1.82) is 0 Å². The number of likely N-dealkylation sites (tertiary alicyclic amines) is 1. The Labute approximate surface area is 172 Å². The Balaban J connectivity index is 1.65. The number of carbonyl (C=O) groups excluding carboxylic acids is 2. The van der Waals surface area contributed by atoms with Gasteiger partial charge in [-0.25, -0.2) is 0 Å². The van der Waals surface area contributed by atoms with Crippen LogP contribution in [-0.2, 0) is 9.59 Å². The van der Waals surface area contributed by atoms with Gasteiger partial charge in [0.15, 0.2) is 11.5 Å². The van der Waals surface area contributed by atoms with Crippen LogP contribution in [-0.4, -0.2) is 58.9 Å². The molecule has 1 N–H and O–H groups in total. The second kappa shape index (κ2) is 8.19. The van der Waals surface area contributed by atoms with Crippen molar-refractivity contribution in [2.45, 2.75) is 51.7 Å². The lowest BCUT2D eigenvalue weighted by Gasteiger charge is -2.29. The van der Waals surface area contributed by atoms with Crippen LogP contribution in [0.1, 0.15) is 51.1 Å². The van der Waals surface area contributed by atoms with Crippen LogP contribution in [0.2, 0.25) is 0 Å². The standard InChI is InChI=1S/C23H30N2O4/c1-15(2)29-18-7-5-6-17(14-18)20-19(21(26)16-8-9-16)22(27)23(28)25(20)13-12-24-10-3-4-11-24/h5-7,14-16,20,27H,3-4,8-13H2,1-2H3. The Morgan fingerprint density at radius 1 is 1.21 bits per heavy atom. The first kappa shape index (κ1) is 20.0. The van der Waals surface area contributed by atoms with E-state index in [-0.39, 0.29) is 29.1 Å². The van der Waals surface area contributed by atoms with Crippen LogP contribution in [0.4, 0.5) is 0 Å². The highest BCUT2D eigenvalue weighted by atomic mass is 16.5. The molecule has 0 spiro atoms. The number of rotatable bonds is 8. The largest absolute Gasteiger partial charge is 0.503 e. The van der Waals surface area contributed by atoms with E-state index in [4.69, 9.17) is 4.74 Å². The normalized spacial score (nSPS) is 22.8. The maximum Gasteiger partial charge on any atom is 0.290 e. The summed E-state index contributed by atoms with van der Waals surface area (Å²) in [6.07, 6.45) is 4.06. The summed E-state index contributed by atoms with van der Waals surface area (Å²) in [5, 5.41) is 10.6. The summed E-state index contributed by atoms with van der Waals surface area (Å²) in [5.41, 5.74) is 1.08. The highest BCUT2D eigenvalue weighted by Crippen LogP contribution is 2.43. The first-order chi connectivity index (χ1) is 14.0. The van der Waals surface area contributed by atoms with Crippen molar-refractivity contribution in [2.24, 2.45) is 5.92 Å². The van der Waals surface area contributed by atoms with E-state index in [1.807, 2.05) is 38.1 Å². The van der Waals surface area contributed by atoms with Crippen LogP contribution in [0.5, 0.6) is 5.75 Å². The van der Waals surface area contributed by atoms with Gasteiger partial charge in [-0.3, -0.25) is 9.59 Å². The van der Waals surface area contributed by atoms with E-state index in [0.29, 0.717) is 12.3 Å². The number of hydrogen-bond donors (Lipinski definition) is 1. The smallest absolute Gasteiger partial charge is 0.290 e. The molecule has 1 unspecified atom stereocenters. The number of ether oxygens (including phenoxy) is 1. The zero-order chi connectivity index (χ0) is 20.5. The second-order valence-electron chi connectivity index (χ2n) is 8.59. The molecule has 2 aliphatic heterocycles. The number of Topliss-reactive ketones (excluding diaryl/α,β-unsaturated/α-hetero) is 1. The van der Waals surface area contributed by atoms with Gasteiger partial charge in [0.05, 0.1) is 17.7 Å². The van der Waals surface area contributed by atoms with Crippen molar-refractivity contribution < 1.29 is 19.4 Å². The Morgan fingerprint density at radius 3 is 2.59 bits per heavy atom. The molecule has 1 saturated heterocycles. The van der Waals surface area contributed by atoms with Crippen LogP contribution < -0.4 is 4.74 Å². The van der Waals surface area contributed by atoms with Crippen molar-refractivity contribution >= 4 is 11.7 Å². The van der Waals surface area contributed by atoms with Gasteiger partial charge in [-0.05, 0) is 70.3 Å². The van der Waals surface area contributed by atoms with Crippen molar-refractivity contribution in [1.82, 2.24) is 9.80 Å². The fraction of sp³-hybridized carbons (Fsp3) is 0.565. The Hall–Kier alpha value is -2.34. The molecule has 156 valence electrons. The molecule has 6 nitrogen and oxygen atoms in total. The summed E-state index contributed by atoms with van der Waals surface area (Å²) in [6, 6.07) is 7.01. The predicted octanol–water partition coefficient (Wildman–Crippen LogP) is 3.24. The highest BCUT2D eigenvalue weighted by Gasteiger charge is 2.47. The predicted molar refractivity (Wildman–Crippen MR) is 110 cm³/mol. The maximum atomic E-state index is 13.0. The summed E-state index contributed by atoms with van der Waals surface area (Å²) in [5.74, 6) is -0.248. The number of ketones is 1. The fourth-order valence-corrected chi connectivity index (χ4v) is 4.33. The Kier molecular flexibility index (Phi) is 5.63. The lowest BCUT2D eigenvalue weighted by atomic mass is 9.94. The van der Waals surface area contributed by atoms with Gasteiger partial charge in [-0.2, -0.15) is 0 Å². The lowest BCUT2D eigenvalue weighted by molar-refractivity contribution is -0.129. The average molecular weight is 399 g/mol. The number of carbonyl (C=O) groups is 2. The quantitative estimate of drug-likeness (QED) is 0.728. The molecule has 29 heavy (non-hydrogen) atoms. The molecule has 6 heteroatoms. The SMILES string of the molecule is CC(C)Oc1cccc(C2C(C(=O)C3CC3)=C(O)C(=O)N2CCN2CCCC2)c1. The zero-order valence-corrected chi connectivity index (χ0v) is 17.3. The van der Waals surface area contributed by atoms with E-state index in [1.54, 1.807) is 4.90 Å². The lowest BCUT2D eigenvalue weighted by Crippen LogP contribution is -2.38. The second-order valence-corrected chi connectivity index (χ2v) is 8.59. The first-order valence-electron chi connectivity index (χ1n) is 10.7. The van der Waals surface area contributed by atoms with Crippen LogP contribution in [0.15, 0.2) is 35.6 Å². The van der Waals surface area contributed by atoms with Gasteiger partial charge in [-0.15, -0.1) is 0 Å². The minimum Gasteiger partial charge on any atom is -0.503 e. The number of nitrogens with zero attached hydrogens (tertiary/aromatic N) is 2. The number of amides is 1. The number of aliphatic hydroxyl groups is 1. The third kappa shape index (κ3) is 4.17. The van der Waals surface area contributed by atoms with Crippen molar-refractivity contribution in [3.05, 3.63) is 41.2 Å². The summed E-state index contributed by atoms with van der Waals surface area (Å²) >= 11 is 0. The average Bonchev–Trinajstić information content (AvgIpc) is 3.35. The Morgan fingerprint density at radius 2 is 1.93 bits per heavy atom. The first-order valence-corrected chi connectivity index (χ1v) is 10.7. The van der Waals surface area contributed by atoms with Crippen LogP contribution in [0.3, 0.4) is 0 Å². The third-order valence-electron chi connectivity index (χ3n) is 5.92. The molecule has 3 aliphatic rings. The van der Waals surface area contributed by atoms with E-state index in [1.165, 1.54) is 12.8 Å². The van der Waals surface area contributed by atoms with E-state index < -0.39 is 11.9 Å². The summed E-state index contributed by atoms with van der Waals surface area (Å²) in [4.78, 5) is 29.9. The molecule has 0 aromatic heterocycles. The van der Waals surface area contributed by atoms with Gasteiger partial charge in [0.2, 0.25) is 0 Å². The van der Waals surface area contributed by atoms with Crippen molar-refractivity contribution in [3.8, 4) is 5.75 Å². The molecule has 1 saturated carbocycles. The molecule has 2 heterocycles. The number of benzene rings is 1. The van der Waals surface area contributed by atoms with E-state index in [0.717, 1.165) is 38.0 Å². The van der Waals surface area contributed by atoms with E-state index in [9.17, 15) is 14.7 Å². The van der Waals surface area contributed by atoms with E-state index in [2.05, 4.69) is 4.90 Å². The summed E-state index contributed by atoms with van der Waals surface area (Å²) in [7, 11) is 0. The minimum absolute atomic E-state index is 0.0261. The minimum atomic E-state index is -0.547. The van der Waals surface area contributed by atoms with Crippen molar-refractivity contribution in [2.75, 3.05) is 26.2 Å². The topological polar surface area (TPSA) is 70.1 Å². The van der Waals surface area contributed by atoms with Crippen LogP contribution in [0, 0.1) is 5.92 Å².